The predicted octanol–water partition coefficient (Wildman–Crippen LogP) is 3.33. The van der Waals surface area contributed by atoms with E-state index in [4.69, 9.17) is 4.74 Å². The minimum absolute atomic E-state index is 0.0539. The van der Waals surface area contributed by atoms with Crippen LogP contribution in [0.2, 0.25) is 0 Å². The Balaban J connectivity index is 2.04. The Labute approximate surface area is 151 Å². The van der Waals surface area contributed by atoms with E-state index in [9.17, 15) is 4.79 Å². The van der Waals surface area contributed by atoms with Crippen molar-refractivity contribution in [3.8, 4) is 5.75 Å². The highest BCUT2D eigenvalue weighted by molar-refractivity contribution is 14.1. The molecule has 5 heteroatoms. The molecule has 0 saturated carbocycles. The lowest BCUT2D eigenvalue weighted by Crippen LogP contribution is -2.34. The second-order valence-electron chi connectivity index (χ2n) is 5.47. The molecule has 23 heavy (non-hydrogen) atoms. The van der Waals surface area contributed by atoms with Crippen molar-refractivity contribution in [3.05, 3.63) is 63.2 Å². The third-order valence-corrected chi connectivity index (χ3v) is 4.41. The van der Waals surface area contributed by atoms with Gasteiger partial charge in [-0.15, -0.1) is 0 Å². The summed E-state index contributed by atoms with van der Waals surface area (Å²) >= 11 is 2.23. The molecule has 0 bridgehead atoms. The van der Waals surface area contributed by atoms with Gasteiger partial charge < -0.3 is 15.0 Å². The number of rotatable bonds is 6. The number of ether oxygens (including phenoxy) is 1. The summed E-state index contributed by atoms with van der Waals surface area (Å²) in [7, 11) is 5.66. The number of halogens is 1. The maximum Gasteiger partial charge on any atom is 0.251 e. The van der Waals surface area contributed by atoms with Crippen LogP contribution in [-0.2, 0) is 0 Å². The Morgan fingerprint density at radius 3 is 2.26 bits per heavy atom. The molecule has 0 fully saturated rings. The Morgan fingerprint density at radius 1 is 1.13 bits per heavy atom. The zero-order valence-corrected chi connectivity index (χ0v) is 15.7. The fraction of sp³-hybridized carbons (Fsp3) is 0.278. The lowest BCUT2D eigenvalue weighted by Gasteiger charge is -2.25. The zero-order chi connectivity index (χ0) is 16.8. The molecule has 0 aliphatic heterocycles. The van der Waals surface area contributed by atoms with Crippen molar-refractivity contribution < 1.29 is 9.53 Å². The first kappa shape index (κ1) is 17.7. The van der Waals surface area contributed by atoms with E-state index in [-0.39, 0.29) is 11.9 Å². The van der Waals surface area contributed by atoms with Crippen LogP contribution in [-0.4, -0.2) is 38.6 Å². The summed E-state index contributed by atoms with van der Waals surface area (Å²) in [5.41, 5.74) is 1.82. The lowest BCUT2D eigenvalue weighted by molar-refractivity contribution is 0.0942. The van der Waals surface area contributed by atoms with Crippen LogP contribution in [0, 0.1) is 3.57 Å². The van der Waals surface area contributed by atoms with Crippen LogP contribution in [0.15, 0.2) is 48.5 Å². The maximum absolute atomic E-state index is 12.3. The molecule has 0 radical (unpaired) electrons. The molecular weight excluding hydrogens is 403 g/mol. The minimum atomic E-state index is -0.0539. The predicted molar refractivity (Wildman–Crippen MR) is 101 cm³/mol. The van der Waals surface area contributed by atoms with Gasteiger partial charge in [0, 0.05) is 15.7 Å². The van der Waals surface area contributed by atoms with Gasteiger partial charge in [0.2, 0.25) is 0 Å². The normalized spacial score (nSPS) is 12.0. The number of carbonyl (C=O) groups excluding carboxylic acids is 1. The van der Waals surface area contributed by atoms with Gasteiger partial charge in [-0.2, -0.15) is 0 Å². The molecule has 0 aromatic heterocycles. The van der Waals surface area contributed by atoms with Gasteiger partial charge >= 0.3 is 0 Å². The average Bonchev–Trinajstić information content (AvgIpc) is 2.55. The fourth-order valence-electron chi connectivity index (χ4n) is 2.32. The molecule has 122 valence electrons. The summed E-state index contributed by atoms with van der Waals surface area (Å²) in [6.07, 6.45) is 0. The largest absolute Gasteiger partial charge is 0.497 e. The molecule has 0 aliphatic carbocycles. The Kier molecular flexibility index (Phi) is 6.41. The molecule has 2 aromatic rings. The van der Waals surface area contributed by atoms with Crippen molar-refractivity contribution in [2.75, 3.05) is 27.7 Å². The Bertz CT molecular complexity index is 639. The highest BCUT2D eigenvalue weighted by Crippen LogP contribution is 2.20. The van der Waals surface area contributed by atoms with Gasteiger partial charge in [0.1, 0.15) is 5.75 Å². The number of amides is 1. The maximum atomic E-state index is 12.3. The van der Waals surface area contributed by atoms with Crippen LogP contribution in [0.1, 0.15) is 22.0 Å². The summed E-state index contributed by atoms with van der Waals surface area (Å²) in [5, 5.41) is 3.01. The van der Waals surface area contributed by atoms with Gasteiger partial charge in [-0.3, -0.25) is 4.79 Å². The van der Waals surface area contributed by atoms with E-state index in [1.165, 1.54) is 0 Å². The van der Waals surface area contributed by atoms with Crippen molar-refractivity contribution in [2.24, 2.45) is 0 Å². The topological polar surface area (TPSA) is 41.6 Å². The van der Waals surface area contributed by atoms with Crippen LogP contribution in [0.5, 0.6) is 5.75 Å². The first-order valence-electron chi connectivity index (χ1n) is 7.35. The van der Waals surface area contributed by atoms with Gasteiger partial charge in [0.25, 0.3) is 5.91 Å². The highest BCUT2D eigenvalue weighted by atomic mass is 127. The molecule has 1 N–H and O–H groups in total. The van der Waals surface area contributed by atoms with Crippen LogP contribution >= 0.6 is 22.6 Å². The molecule has 0 aliphatic rings. The number of methoxy groups -OCH3 is 1. The molecule has 2 rings (SSSR count). The van der Waals surface area contributed by atoms with E-state index in [1.54, 1.807) is 7.11 Å². The van der Waals surface area contributed by atoms with Crippen molar-refractivity contribution >= 4 is 28.5 Å². The first-order valence-corrected chi connectivity index (χ1v) is 8.43. The van der Waals surface area contributed by atoms with Crippen molar-refractivity contribution in [1.29, 1.82) is 0 Å². The Hall–Kier alpha value is -1.60. The minimum Gasteiger partial charge on any atom is -0.497 e. The number of nitrogens with one attached hydrogen (secondary N) is 1. The summed E-state index contributed by atoms with van der Waals surface area (Å²) < 4.78 is 6.31. The molecule has 2 aromatic carbocycles. The lowest BCUT2D eigenvalue weighted by atomic mass is 10.1. The van der Waals surface area contributed by atoms with Gasteiger partial charge in [-0.25, -0.2) is 0 Å². The smallest absolute Gasteiger partial charge is 0.251 e. The van der Waals surface area contributed by atoms with Crippen LogP contribution in [0.3, 0.4) is 0 Å². The second kappa shape index (κ2) is 8.31. The van der Waals surface area contributed by atoms with Crippen molar-refractivity contribution in [3.63, 3.8) is 0 Å². The van der Waals surface area contributed by atoms with E-state index in [1.807, 2.05) is 62.6 Å². The molecule has 1 amide bonds. The van der Waals surface area contributed by atoms with E-state index in [0.717, 1.165) is 14.9 Å². The number of nitrogens with zero attached hydrogens (tertiary/aromatic N) is 1. The summed E-state index contributed by atoms with van der Waals surface area (Å²) in [4.78, 5) is 14.4. The van der Waals surface area contributed by atoms with E-state index in [2.05, 4.69) is 32.8 Å². The monoisotopic (exact) mass is 424 g/mol. The fourth-order valence-corrected chi connectivity index (χ4v) is 2.68. The summed E-state index contributed by atoms with van der Waals surface area (Å²) in [6.45, 7) is 0.546. The summed E-state index contributed by atoms with van der Waals surface area (Å²) in [6, 6.07) is 15.6. The van der Waals surface area contributed by atoms with Crippen LogP contribution in [0.25, 0.3) is 0 Å². The highest BCUT2D eigenvalue weighted by Gasteiger charge is 2.16. The third kappa shape index (κ3) is 4.94. The van der Waals surface area contributed by atoms with Crippen LogP contribution < -0.4 is 10.1 Å². The molecule has 1 unspecified atom stereocenters. The SMILES string of the molecule is COc1ccc(C(CNC(=O)c2ccc(I)cc2)N(C)C)cc1. The molecule has 0 spiro atoms. The van der Waals surface area contributed by atoms with E-state index < -0.39 is 0 Å². The quantitative estimate of drug-likeness (QED) is 0.724. The first-order chi connectivity index (χ1) is 11.0. The van der Waals surface area contributed by atoms with Crippen LogP contribution in [0.4, 0.5) is 0 Å². The Morgan fingerprint density at radius 2 is 1.74 bits per heavy atom. The number of benzene rings is 2. The number of likely N-dealkylation sites (N-methyl/N-ethyl adjacent to an activating group) is 1. The zero-order valence-electron chi connectivity index (χ0n) is 13.5. The number of hydrogen-bond donors (Lipinski definition) is 1. The van der Waals surface area contributed by atoms with E-state index in [0.29, 0.717) is 12.1 Å². The standard InChI is InChI=1S/C18H21IN2O2/c1-21(2)17(13-6-10-16(23-3)11-7-13)12-20-18(22)14-4-8-15(19)9-5-14/h4-11,17H,12H2,1-3H3,(H,20,22). The van der Waals surface area contributed by atoms with Gasteiger partial charge in [-0.1, -0.05) is 12.1 Å². The summed E-state index contributed by atoms with van der Waals surface area (Å²) in [5.74, 6) is 0.774. The molecule has 0 saturated heterocycles. The second-order valence-corrected chi connectivity index (χ2v) is 6.72. The molecular formula is C18H21IN2O2. The molecule has 1 atom stereocenters. The average molecular weight is 424 g/mol. The van der Waals surface area contributed by atoms with Gasteiger partial charge in [0.15, 0.2) is 0 Å². The number of carbonyl (C=O) groups is 1. The molecule has 4 nitrogen and oxygen atoms in total. The van der Waals surface area contributed by atoms with Crippen molar-refractivity contribution in [2.45, 2.75) is 6.04 Å². The van der Waals surface area contributed by atoms with Gasteiger partial charge in [0.05, 0.1) is 13.2 Å². The molecule has 0 heterocycles. The van der Waals surface area contributed by atoms with E-state index >= 15 is 0 Å². The van der Waals surface area contributed by atoms with Crippen molar-refractivity contribution in [1.82, 2.24) is 10.2 Å². The van der Waals surface area contributed by atoms with Gasteiger partial charge in [-0.05, 0) is 78.6 Å². The number of hydrogen-bond acceptors (Lipinski definition) is 3. The third-order valence-electron chi connectivity index (χ3n) is 3.69.